The molecule has 1 aliphatic carbocycles. The molecule has 3 rings (SSSR count). The van der Waals surface area contributed by atoms with Crippen LogP contribution in [0.3, 0.4) is 0 Å². The zero-order valence-corrected chi connectivity index (χ0v) is 13.0. The number of rotatable bonds is 4. The van der Waals surface area contributed by atoms with Crippen molar-refractivity contribution in [2.75, 3.05) is 32.8 Å². The molecule has 1 saturated carbocycles. The number of carbonyl (C=O) groups is 2. The topological polar surface area (TPSA) is 49.9 Å². The molecule has 0 atom stereocenters. The minimum absolute atomic E-state index is 0.0673. The van der Waals surface area contributed by atoms with Gasteiger partial charge in [-0.2, -0.15) is 0 Å². The van der Waals surface area contributed by atoms with E-state index in [0.717, 1.165) is 19.3 Å². The van der Waals surface area contributed by atoms with Crippen LogP contribution in [0.1, 0.15) is 19.3 Å². The Morgan fingerprint density at radius 2 is 1.65 bits per heavy atom. The number of amides is 2. The summed E-state index contributed by atoms with van der Waals surface area (Å²) in [6, 6.07) is 5.59. The van der Waals surface area contributed by atoms with Gasteiger partial charge in [0, 0.05) is 32.1 Å². The van der Waals surface area contributed by atoms with Gasteiger partial charge in [-0.3, -0.25) is 9.59 Å². The molecule has 0 bridgehead atoms. The number of piperazine rings is 1. The molecule has 0 N–H and O–H groups in total. The highest BCUT2D eigenvalue weighted by molar-refractivity contribution is 5.81. The molecule has 2 amide bonds. The average molecular weight is 320 g/mol. The smallest absolute Gasteiger partial charge is 0.260 e. The Kier molecular flexibility index (Phi) is 4.79. The van der Waals surface area contributed by atoms with Crippen LogP contribution in [0.15, 0.2) is 24.3 Å². The van der Waals surface area contributed by atoms with Crippen molar-refractivity contribution < 1.29 is 18.7 Å². The Bertz CT molecular complexity index is 564. The van der Waals surface area contributed by atoms with Crippen molar-refractivity contribution in [2.24, 2.45) is 5.92 Å². The lowest BCUT2D eigenvalue weighted by atomic mass is 9.84. The summed E-state index contributed by atoms with van der Waals surface area (Å²) < 4.78 is 18.2. The van der Waals surface area contributed by atoms with E-state index in [2.05, 4.69) is 0 Å². The maximum Gasteiger partial charge on any atom is 0.260 e. The van der Waals surface area contributed by atoms with Crippen LogP contribution >= 0.6 is 0 Å². The summed E-state index contributed by atoms with van der Waals surface area (Å²) in [5, 5.41) is 0. The number of nitrogens with zero attached hydrogens (tertiary/aromatic N) is 2. The second-order valence-electron chi connectivity index (χ2n) is 6.08. The largest absolute Gasteiger partial charge is 0.484 e. The predicted octanol–water partition coefficient (Wildman–Crippen LogP) is 1.68. The quantitative estimate of drug-likeness (QED) is 0.848. The van der Waals surface area contributed by atoms with E-state index >= 15 is 0 Å². The van der Waals surface area contributed by atoms with E-state index in [9.17, 15) is 14.0 Å². The van der Waals surface area contributed by atoms with Crippen molar-refractivity contribution in [1.82, 2.24) is 9.80 Å². The highest BCUT2D eigenvalue weighted by Crippen LogP contribution is 2.28. The van der Waals surface area contributed by atoms with Crippen molar-refractivity contribution in [1.29, 1.82) is 0 Å². The van der Waals surface area contributed by atoms with Crippen LogP contribution < -0.4 is 4.74 Å². The fourth-order valence-corrected chi connectivity index (χ4v) is 2.86. The molecule has 0 spiro atoms. The molecule has 23 heavy (non-hydrogen) atoms. The normalized spacial score (nSPS) is 18.5. The third kappa shape index (κ3) is 3.81. The summed E-state index contributed by atoms with van der Waals surface area (Å²) in [7, 11) is 0. The average Bonchev–Trinajstić information content (AvgIpc) is 2.52. The molecule has 0 radical (unpaired) electrons. The number of benzene rings is 1. The lowest BCUT2D eigenvalue weighted by Crippen LogP contribution is -2.53. The molecule has 2 aliphatic rings. The molecule has 1 heterocycles. The van der Waals surface area contributed by atoms with Gasteiger partial charge < -0.3 is 14.5 Å². The lowest BCUT2D eigenvalue weighted by molar-refractivity contribution is -0.144. The van der Waals surface area contributed by atoms with E-state index in [1.54, 1.807) is 4.90 Å². The summed E-state index contributed by atoms with van der Waals surface area (Å²) in [6.45, 7) is 2.21. The van der Waals surface area contributed by atoms with Crippen LogP contribution in [-0.2, 0) is 9.59 Å². The number of hydrogen-bond acceptors (Lipinski definition) is 3. The Labute approximate surface area is 135 Å². The molecule has 5 nitrogen and oxygen atoms in total. The SMILES string of the molecule is O=C(COc1ccc(F)cc1)N1CCN(C(=O)C2CCC2)CC1. The van der Waals surface area contributed by atoms with Crippen LogP contribution in [0.25, 0.3) is 0 Å². The zero-order valence-electron chi connectivity index (χ0n) is 13.0. The van der Waals surface area contributed by atoms with Gasteiger partial charge in [0.1, 0.15) is 11.6 Å². The van der Waals surface area contributed by atoms with Gasteiger partial charge >= 0.3 is 0 Å². The van der Waals surface area contributed by atoms with E-state index < -0.39 is 0 Å². The Morgan fingerprint density at radius 1 is 1.04 bits per heavy atom. The standard InChI is InChI=1S/C17H21FN2O3/c18-14-4-6-15(7-5-14)23-12-16(21)19-8-10-20(11-9-19)17(22)13-2-1-3-13/h4-7,13H,1-3,8-12H2. The number of ether oxygens (including phenoxy) is 1. The van der Waals surface area contributed by atoms with Crippen LogP contribution in [0.2, 0.25) is 0 Å². The molecule has 2 fully saturated rings. The van der Waals surface area contributed by atoms with E-state index in [-0.39, 0.29) is 30.2 Å². The minimum Gasteiger partial charge on any atom is -0.484 e. The molecule has 124 valence electrons. The number of halogens is 1. The van der Waals surface area contributed by atoms with Crippen LogP contribution in [-0.4, -0.2) is 54.4 Å². The fraction of sp³-hybridized carbons (Fsp3) is 0.529. The highest BCUT2D eigenvalue weighted by atomic mass is 19.1. The fourth-order valence-electron chi connectivity index (χ4n) is 2.86. The maximum absolute atomic E-state index is 12.8. The van der Waals surface area contributed by atoms with Crippen molar-refractivity contribution in [3.63, 3.8) is 0 Å². The monoisotopic (exact) mass is 320 g/mol. The summed E-state index contributed by atoms with van der Waals surface area (Å²) in [6.07, 6.45) is 3.16. The molecular formula is C17H21FN2O3. The van der Waals surface area contributed by atoms with Crippen LogP contribution in [0, 0.1) is 11.7 Å². The zero-order chi connectivity index (χ0) is 16.2. The highest BCUT2D eigenvalue weighted by Gasteiger charge is 2.31. The van der Waals surface area contributed by atoms with Crippen molar-refractivity contribution >= 4 is 11.8 Å². The number of hydrogen-bond donors (Lipinski definition) is 0. The van der Waals surface area contributed by atoms with Gasteiger partial charge in [-0.1, -0.05) is 6.42 Å². The van der Waals surface area contributed by atoms with Crippen LogP contribution in [0.4, 0.5) is 4.39 Å². The summed E-state index contributed by atoms with van der Waals surface area (Å²) in [4.78, 5) is 27.9. The van der Waals surface area contributed by atoms with Crippen molar-refractivity contribution in [2.45, 2.75) is 19.3 Å². The first-order chi connectivity index (χ1) is 11.1. The molecule has 1 aromatic rings. The van der Waals surface area contributed by atoms with Gasteiger partial charge in [0.05, 0.1) is 0 Å². The number of carbonyl (C=O) groups excluding carboxylic acids is 2. The molecule has 0 unspecified atom stereocenters. The summed E-state index contributed by atoms with van der Waals surface area (Å²) in [5.41, 5.74) is 0. The van der Waals surface area contributed by atoms with Gasteiger partial charge in [-0.05, 0) is 37.1 Å². The van der Waals surface area contributed by atoms with E-state index in [1.807, 2.05) is 4.90 Å². The van der Waals surface area contributed by atoms with Crippen molar-refractivity contribution in [3.05, 3.63) is 30.1 Å². The molecule has 0 aromatic heterocycles. The first-order valence-electron chi connectivity index (χ1n) is 8.08. The van der Waals surface area contributed by atoms with E-state index in [4.69, 9.17) is 4.74 Å². The van der Waals surface area contributed by atoms with Crippen LogP contribution in [0.5, 0.6) is 5.75 Å². The third-order valence-corrected chi connectivity index (χ3v) is 4.57. The minimum atomic E-state index is -0.337. The lowest BCUT2D eigenvalue weighted by Gasteiger charge is -2.38. The van der Waals surface area contributed by atoms with Gasteiger partial charge in [-0.25, -0.2) is 4.39 Å². The van der Waals surface area contributed by atoms with Gasteiger partial charge in [0.2, 0.25) is 5.91 Å². The van der Waals surface area contributed by atoms with Crippen molar-refractivity contribution in [3.8, 4) is 5.75 Å². The Hall–Kier alpha value is -2.11. The van der Waals surface area contributed by atoms with Gasteiger partial charge in [0.25, 0.3) is 5.91 Å². The molecule has 6 heteroatoms. The first-order valence-corrected chi connectivity index (χ1v) is 8.08. The van der Waals surface area contributed by atoms with Gasteiger partial charge in [-0.15, -0.1) is 0 Å². The maximum atomic E-state index is 12.8. The third-order valence-electron chi connectivity index (χ3n) is 4.57. The van der Waals surface area contributed by atoms with E-state index in [1.165, 1.54) is 24.3 Å². The Balaban J connectivity index is 1.42. The van der Waals surface area contributed by atoms with E-state index in [0.29, 0.717) is 31.9 Å². The summed E-state index contributed by atoms with van der Waals surface area (Å²) in [5.74, 6) is 0.476. The molecule has 1 saturated heterocycles. The predicted molar refractivity (Wildman–Crippen MR) is 82.4 cm³/mol. The summed E-state index contributed by atoms with van der Waals surface area (Å²) >= 11 is 0. The Morgan fingerprint density at radius 3 is 2.22 bits per heavy atom. The molecule has 1 aromatic carbocycles. The second-order valence-corrected chi connectivity index (χ2v) is 6.08. The van der Waals surface area contributed by atoms with Gasteiger partial charge in [0.15, 0.2) is 6.61 Å². The second kappa shape index (κ2) is 6.98. The first kappa shape index (κ1) is 15.8. The molecular weight excluding hydrogens is 299 g/mol. The molecule has 1 aliphatic heterocycles.